The number of fused-ring (bicyclic) bond motifs is 1. The molecule has 3 rings (SSSR count). The van der Waals surface area contributed by atoms with Crippen molar-refractivity contribution in [3.05, 3.63) is 12.2 Å². The molecule has 144 valence electrons. The lowest BCUT2D eigenvalue weighted by molar-refractivity contribution is -0.0487. The van der Waals surface area contributed by atoms with Crippen LogP contribution in [-0.2, 0) is 21.1 Å². The molecule has 0 aliphatic carbocycles. The molecule has 26 heavy (non-hydrogen) atoms. The number of nitrogens with zero attached hydrogens (tertiary/aromatic N) is 4. The van der Waals surface area contributed by atoms with Gasteiger partial charge in [0.25, 0.3) is 0 Å². The molecule has 13 heteroatoms. The Morgan fingerprint density at radius 3 is 2.65 bits per heavy atom. The van der Waals surface area contributed by atoms with E-state index < -0.39 is 31.3 Å². The summed E-state index contributed by atoms with van der Waals surface area (Å²) in [6, 6.07) is 0. The van der Waals surface area contributed by atoms with E-state index in [9.17, 15) is 10.2 Å². The molecule has 4 atom stereocenters. The zero-order chi connectivity index (χ0) is 19.2. The van der Waals surface area contributed by atoms with Crippen LogP contribution in [0.4, 0.5) is 5.82 Å². The van der Waals surface area contributed by atoms with Crippen molar-refractivity contribution in [2.45, 2.75) is 44.3 Å². The van der Waals surface area contributed by atoms with Gasteiger partial charge in [0.2, 0.25) is 0 Å². The van der Waals surface area contributed by atoms with Gasteiger partial charge in [-0.05, 0) is 11.8 Å². The average molecular weight is 405 g/mol. The predicted octanol–water partition coefficient (Wildman–Crippen LogP) is -0.623. The monoisotopic (exact) mass is 405 g/mol. The van der Waals surface area contributed by atoms with Crippen molar-refractivity contribution in [2.24, 2.45) is 0 Å². The van der Waals surface area contributed by atoms with Gasteiger partial charge in [-0.25, -0.2) is 15.0 Å². The third-order valence-electron chi connectivity index (χ3n) is 4.00. The first kappa shape index (κ1) is 19.5. The van der Waals surface area contributed by atoms with Crippen molar-refractivity contribution < 1.29 is 29.3 Å². The second-order valence-corrected chi connectivity index (χ2v) is 8.94. The van der Waals surface area contributed by atoms with Gasteiger partial charge < -0.3 is 35.0 Å². The Morgan fingerprint density at radius 2 is 2.04 bits per heavy atom. The fourth-order valence-corrected chi connectivity index (χ4v) is 3.19. The maximum absolute atomic E-state index is 10.3. The molecule has 0 radical (unpaired) electrons. The number of anilines is 1. The number of rotatable bonds is 5. The van der Waals surface area contributed by atoms with Crippen molar-refractivity contribution in [1.29, 1.82) is 0 Å². The zero-order valence-electron chi connectivity index (χ0n) is 14.0. The van der Waals surface area contributed by atoms with Crippen LogP contribution in [0, 0.1) is 0 Å². The molecule has 1 aliphatic heterocycles. The first-order valence-electron chi connectivity index (χ1n) is 7.80. The highest BCUT2D eigenvalue weighted by molar-refractivity contribution is 8.06. The Hall–Kier alpha value is -1.24. The number of aliphatic hydroxyl groups excluding tert-OH is 2. The van der Waals surface area contributed by atoms with Gasteiger partial charge in [-0.3, -0.25) is 4.57 Å². The van der Waals surface area contributed by atoms with Gasteiger partial charge in [0, 0.05) is 5.92 Å². The summed E-state index contributed by atoms with van der Waals surface area (Å²) in [5.74, 6) is 0.724. The van der Waals surface area contributed by atoms with Crippen LogP contribution in [0.5, 0.6) is 0 Å². The molecular formula is C13H20N5O6PS. The lowest BCUT2D eigenvalue weighted by atomic mass is 10.1. The minimum atomic E-state index is -3.90. The fourth-order valence-electron chi connectivity index (χ4n) is 2.67. The number of aromatic nitrogens is 4. The van der Waals surface area contributed by atoms with Crippen LogP contribution in [0.2, 0.25) is 0 Å². The zero-order valence-corrected chi connectivity index (χ0v) is 15.7. The molecule has 0 aromatic carbocycles. The smallest absolute Gasteiger partial charge is 0.321 e. The Balaban J connectivity index is 1.92. The Bertz CT molecular complexity index is 857. The number of aliphatic hydroxyl groups is 2. The second-order valence-electron chi connectivity index (χ2n) is 6.28. The average Bonchev–Trinajstić information content (AvgIpc) is 3.08. The number of hydrogen-bond donors (Lipinski definition) is 5. The molecule has 0 bridgehead atoms. The van der Waals surface area contributed by atoms with Crippen LogP contribution in [-0.4, -0.2) is 64.4 Å². The highest BCUT2D eigenvalue weighted by Gasteiger charge is 2.45. The standard InChI is InChI=1S/C13H20N5O6PS/c1-5(2)11-16-10(14)7-12(17-11)18(4-15-7)13-9(20)8(19)6(24-13)3-23-25(21,22)26/h4-6,8-9,13,19-20H,3H2,1-2H3,(H2,14,16,17)(H2,21,22,26)/t6-,8-,9-,13-/m1/s1. The summed E-state index contributed by atoms with van der Waals surface area (Å²) < 4.78 is 11.8. The Labute approximate surface area is 153 Å². The lowest BCUT2D eigenvalue weighted by Crippen LogP contribution is -2.33. The molecule has 1 fully saturated rings. The molecule has 11 nitrogen and oxygen atoms in total. The van der Waals surface area contributed by atoms with Crippen molar-refractivity contribution >= 4 is 35.5 Å². The molecule has 3 heterocycles. The molecule has 0 unspecified atom stereocenters. The Kier molecular flexibility index (Phi) is 5.30. The van der Waals surface area contributed by atoms with Gasteiger partial charge in [-0.1, -0.05) is 13.8 Å². The van der Waals surface area contributed by atoms with Crippen molar-refractivity contribution in [3.63, 3.8) is 0 Å². The summed E-state index contributed by atoms with van der Waals surface area (Å²) in [6.07, 6.45) is -3.31. The summed E-state index contributed by atoms with van der Waals surface area (Å²) in [4.78, 5) is 31.1. The number of nitrogens with two attached hydrogens (primary N) is 1. The van der Waals surface area contributed by atoms with E-state index in [2.05, 4.69) is 26.8 Å². The van der Waals surface area contributed by atoms with E-state index in [1.807, 2.05) is 13.8 Å². The van der Waals surface area contributed by atoms with Crippen molar-refractivity contribution in [1.82, 2.24) is 19.5 Å². The molecular weight excluding hydrogens is 385 g/mol. The molecule has 1 saturated heterocycles. The predicted molar refractivity (Wildman–Crippen MR) is 94.4 cm³/mol. The molecule has 2 aromatic rings. The van der Waals surface area contributed by atoms with E-state index >= 15 is 0 Å². The minimum absolute atomic E-state index is 0.0180. The topological polar surface area (TPSA) is 169 Å². The Morgan fingerprint density at radius 1 is 1.35 bits per heavy atom. The molecule has 1 aliphatic rings. The van der Waals surface area contributed by atoms with E-state index in [0.29, 0.717) is 17.0 Å². The number of nitrogen functional groups attached to an aromatic ring is 1. The molecule has 0 amide bonds. The third kappa shape index (κ3) is 3.73. The molecule has 0 saturated carbocycles. The quantitative estimate of drug-likeness (QED) is 0.402. The summed E-state index contributed by atoms with van der Waals surface area (Å²) in [7, 11) is 0. The van der Waals surface area contributed by atoms with Crippen LogP contribution in [0.15, 0.2) is 6.33 Å². The van der Waals surface area contributed by atoms with Crippen molar-refractivity contribution in [3.8, 4) is 0 Å². The van der Waals surface area contributed by atoms with Crippen molar-refractivity contribution in [2.75, 3.05) is 12.3 Å². The van der Waals surface area contributed by atoms with E-state index in [-0.39, 0.29) is 18.3 Å². The highest BCUT2D eigenvalue weighted by atomic mass is 32.5. The third-order valence-corrected chi connectivity index (χ3v) is 4.80. The van der Waals surface area contributed by atoms with Crippen LogP contribution in [0.25, 0.3) is 11.2 Å². The summed E-state index contributed by atoms with van der Waals surface area (Å²) in [5, 5.41) is 20.5. The maximum Gasteiger partial charge on any atom is 0.321 e. The summed E-state index contributed by atoms with van der Waals surface area (Å²) in [5.41, 5.74) is 6.63. The molecule has 0 spiro atoms. The largest absolute Gasteiger partial charge is 0.387 e. The first-order valence-corrected chi connectivity index (χ1v) is 10.4. The van der Waals surface area contributed by atoms with E-state index in [1.165, 1.54) is 10.9 Å². The van der Waals surface area contributed by atoms with Gasteiger partial charge in [-0.15, -0.1) is 0 Å². The number of ether oxygens (including phenoxy) is 1. The summed E-state index contributed by atoms with van der Waals surface area (Å²) in [6.45, 7) is -0.472. The second kappa shape index (κ2) is 7.06. The van der Waals surface area contributed by atoms with E-state index in [4.69, 9.17) is 24.8 Å². The van der Waals surface area contributed by atoms with Gasteiger partial charge in [0.1, 0.15) is 29.7 Å². The molecule has 6 N–H and O–H groups in total. The van der Waals surface area contributed by atoms with Gasteiger partial charge >= 0.3 is 6.72 Å². The van der Waals surface area contributed by atoms with Crippen LogP contribution < -0.4 is 5.73 Å². The first-order chi connectivity index (χ1) is 12.1. The SMILES string of the molecule is CC(C)c1nc(N)c2ncn([C@@H]3O[C@H](COP(O)(O)=S)[C@@H](O)[C@H]3O)c2n1. The van der Waals surface area contributed by atoms with Crippen LogP contribution in [0.3, 0.4) is 0 Å². The number of hydrogen-bond acceptors (Lipinski definition) is 9. The van der Waals surface area contributed by atoms with E-state index in [1.54, 1.807) is 0 Å². The lowest BCUT2D eigenvalue weighted by Gasteiger charge is -2.17. The van der Waals surface area contributed by atoms with Gasteiger partial charge in [0.15, 0.2) is 17.7 Å². The van der Waals surface area contributed by atoms with E-state index in [0.717, 1.165) is 0 Å². The molecule has 2 aromatic heterocycles. The van der Waals surface area contributed by atoms with Crippen LogP contribution in [0.1, 0.15) is 31.8 Å². The highest BCUT2D eigenvalue weighted by Crippen LogP contribution is 2.39. The number of imidazole rings is 1. The maximum atomic E-state index is 10.3. The van der Waals surface area contributed by atoms with Crippen LogP contribution >= 0.6 is 6.72 Å². The minimum Gasteiger partial charge on any atom is -0.387 e. The summed E-state index contributed by atoms with van der Waals surface area (Å²) >= 11 is 4.37. The van der Waals surface area contributed by atoms with Gasteiger partial charge in [0.05, 0.1) is 12.9 Å². The fraction of sp³-hybridized carbons (Fsp3) is 0.615. The van der Waals surface area contributed by atoms with Gasteiger partial charge in [-0.2, -0.15) is 0 Å². The normalized spacial score (nSPS) is 26.9.